The summed E-state index contributed by atoms with van der Waals surface area (Å²) in [6, 6.07) is 10.4. The molecule has 0 saturated heterocycles. The van der Waals surface area contributed by atoms with Crippen LogP contribution in [-0.4, -0.2) is 30.4 Å². The third kappa shape index (κ3) is 3.66. The fraction of sp³-hybridized carbons (Fsp3) is 0.105. The monoisotopic (exact) mass is 365 g/mol. The predicted molar refractivity (Wildman–Crippen MR) is 99.9 cm³/mol. The van der Waals surface area contributed by atoms with Gasteiger partial charge in [-0.15, -0.1) is 17.8 Å². The first-order valence-corrected chi connectivity index (χ1v) is 8.59. The van der Waals surface area contributed by atoms with Crippen molar-refractivity contribution in [2.24, 2.45) is 0 Å². The average molecular weight is 365 g/mol. The Kier molecular flexibility index (Phi) is 5.15. The summed E-state index contributed by atoms with van der Waals surface area (Å²) < 4.78 is 5.31. The molecular formula is C19H15N3O3S. The van der Waals surface area contributed by atoms with Crippen molar-refractivity contribution in [2.45, 2.75) is 0 Å². The van der Waals surface area contributed by atoms with Gasteiger partial charge in [0.2, 0.25) is 5.91 Å². The molecule has 0 atom stereocenters. The van der Waals surface area contributed by atoms with Gasteiger partial charge in [-0.2, -0.15) is 0 Å². The summed E-state index contributed by atoms with van der Waals surface area (Å²) in [6.07, 6.45) is 6.98. The molecule has 2 aromatic heterocycles. The maximum Gasteiger partial charge on any atom is 0.278 e. The summed E-state index contributed by atoms with van der Waals surface area (Å²) >= 11 is 1.30. The van der Waals surface area contributed by atoms with Gasteiger partial charge in [-0.1, -0.05) is 12.0 Å². The number of aromatic nitrogens is 1. The van der Waals surface area contributed by atoms with Gasteiger partial charge in [0.05, 0.1) is 6.26 Å². The van der Waals surface area contributed by atoms with E-state index in [1.165, 1.54) is 23.3 Å². The Morgan fingerprint density at radius 2 is 2.19 bits per heavy atom. The minimum atomic E-state index is -0.392. The van der Waals surface area contributed by atoms with E-state index in [-0.39, 0.29) is 18.1 Å². The summed E-state index contributed by atoms with van der Waals surface area (Å²) in [5, 5.41) is 4.76. The summed E-state index contributed by atoms with van der Waals surface area (Å²) in [4.78, 5) is 30.6. The van der Waals surface area contributed by atoms with Gasteiger partial charge >= 0.3 is 0 Å². The van der Waals surface area contributed by atoms with Crippen molar-refractivity contribution < 1.29 is 14.0 Å². The van der Waals surface area contributed by atoms with Crippen LogP contribution in [0.25, 0.3) is 10.8 Å². The van der Waals surface area contributed by atoms with E-state index >= 15 is 0 Å². The molecule has 1 aromatic carbocycles. The molecule has 0 bridgehead atoms. The van der Waals surface area contributed by atoms with Crippen molar-refractivity contribution in [1.82, 2.24) is 10.3 Å². The second-order valence-electron chi connectivity index (χ2n) is 5.27. The summed E-state index contributed by atoms with van der Waals surface area (Å²) in [6.45, 7) is -0.142. The molecule has 6 nitrogen and oxygen atoms in total. The highest BCUT2D eigenvalue weighted by Crippen LogP contribution is 2.26. The van der Waals surface area contributed by atoms with E-state index in [4.69, 9.17) is 10.8 Å². The van der Waals surface area contributed by atoms with Gasteiger partial charge in [0, 0.05) is 23.7 Å². The lowest BCUT2D eigenvalue weighted by molar-refractivity contribution is -0.119. The first-order valence-electron chi connectivity index (χ1n) is 7.71. The fourth-order valence-corrected chi connectivity index (χ4v) is 3.05. The summed E-state index contributed by atoms with van der Waals surface area (Å²) in [7, 11) is 1.51. The molecule has 130 valence electrons. The number of nitrogens with zero attached hydrogens (tertiary/aromatic N) is 2. The third-order valence-electron chi connectivity index (χ3n) is 3.61. The first kappa shape index (κ1) is 17.5. The van der Waals surface area contributed by atoms with Crippen LogP contribution in [0.5, 0.6) is 0 Å². The van der Waals surface area contributed by atoms with Crippen molar-refractivity contribution >= 4 is 28.8 Å². The van der Waals surface area contributed by atoms with Crippen LogP contribution < -0.4 is 10.2 Å². The number of furan rings is 1. The van der Waals surface area contributed by atoms with E-state index in [9.17, 15) is 9.59 Å². The second kappa shape index (κ2) is 7.68. The van der Waals surface area contributed by atoms with Gasteiger partial charge in [-0.05, 0) is 30.3 Å². The minimum Gasteiger partial charge on any atom is -0.462 e. The first-order chi connectivity index (χ1) is 12.6. The largest absolute Gasteiger partial charge is 0.462 e. The highest BCUT2D eigenvalue weighted by Gasteiger charge is 2.23. The number of anilines is 1. The Bertz CT molecular complexity index is 970. The standard InChI is InChI=1S/C19H15N3O3S/c1-3-13-6-4-7-14(10-13)22(11-17(23)20-2)19(24)15-12-26-18(21-15)16-8-5-9-25-16/h1,4-10,12H,11H2,2H3,(H,20,23). The number of benzene rings is 1. The normalized spacial score (nSPS) is 10.2. The summed E-state index contributed by atoms with van der Waals surface area (Å²) in [5.41, 5.74) is 1.38. The Hall–Kier alpha value is -3.37. The van der Waals surface area contributed by atoms with Crippen LogP contribution in [0.3, 0.4) is 0 Å². The molecule has 0 aliphatic heterocycles. The molecule has 3 rings (SSSR count). The van der Waals surface area contributed by atoms with Crippen LogP contribution in [0.4, 0.5) is 5.69 Å². The van der Waals surface area contributed by atoms with E-state index in [0.29, 0.717) is 22.0 Å². The van der Waals surface area contributed by atoms with E-state index < -0.39 is 5.91 Å². The Labute approximate surface area is 154 Å². The molecule has 2 heterocycles. The van der Waals surface area contributed by atoms with Gasteiger partial charge in [-0.25, -0.2) is 4.98 Å². The Morgan fingerprint density at radius 3 is 2.88 bits per heavy atom. The molecule has 7 heteroatoms. The zero-order chi connectivity index (χ0) is 18.5. The smallest absolute Gasteiger partial charge is 0.278 e. The molecule has 0 spiro atoms. The molecule has 3 aromatic rings. The quantitative estimate of drug-likeness (QED) is 0.706. The van der Waals surface area contributed by atoms with Gasteiger partial charge in [0.1, 0.15) is 12.2 Å². The lowest BCUT2D eigenvalue weighted by atomic mass is 10.2. The number of thiazole rings is 1. The zero-order valence-corrected chi connectivity index (χ0v) is 14.7. The molecule has 0 unspecified atom stereocenters. The van der Waals surface area contributed by atoms with Crippen LogP contribution in [-0.2, 0) is 4.79 Å². The summed E-state index contributed by atoms with van der Waals surface area (Å²) in [5.74, 6) is 2.42. The molecule has 0 saturated carbocycles. The van der Waals surface area contributed by atoms with E-state index in [1.54, 1.807) is 48.0 Å². The van der Waals surface area contributed by atoms with Crippen LogP contribution >= 0.6 is 11.3 Å². The van der Waals surface area contributed by atoms with Crippen LogP contribution in [0.1, 0.15) is 16.1 Å². The Morgan fingerprint density at radius 1 is 1.35 bits per heavy atom. The van der Waals surface area contributed by atoms with Crippen molar-refractivity contribution in [3.63, 3.8) is 0 Å². The van der Waals surface area contributed by atoms with Crippen LogP contribution in [0.15, 0.2) is 52.5 Å². The predicted octanol–water partition coefficient (Wildman–Crippen LogP) is 2.78. The SMILES string of the molecule is C#Cc1cccc(N(CC(=O)NC)C(=O)c2csc(-c3ccco3)n2)c1. The lowest BCUT2D eigenvalue weighted by Crippen LogP contribution is -2.40. The molecular weight excluding hydrogens is 350 g/mol. The molecule has 0 fully saturated rings. The molecule has 2 amide bonds. The van der Waals surface area contributed by atoms with E-state index in [0.717, 1.165) is 0 Å². The Balaban J connectivity index is 1.94. The molecule has 26 heavy (non-hydrogen) atoms. The maximum absolute atomic E-state index is 13.0. The topological polar surface area (TPSA) is 75.4 Å². The average Bonchev–Trinajstić information content (AvgIpc) is 3.36. The van der Waals surface area contributed by atoms with E-state index in [1.807, 2.05) is 0 Å². The molecule has 1 N–H and O–H groups in total. The number of rotatable bonds is 5. The van der Waals surface area contributed by atoms with E-state index in [2.05, 4.69) is 16.2 Å². The highest BCUT2D eigenvalue weighted by atomic mass is 32.1. The highest BCUT2D eigenvalue weighted by molar-refractivity contribution is 7.13. The number of carbonyl (C=O) groups is 2. The molecule has 0 aliphatic carbocycles. The maximum atomic E-state index is 13.0. The fourth-order valence-electron chi connectivity index (χ4n) is 2.29. The van der Waals surface area contributed by atoms with Crippen LogP contribution in [0, 0.1) is 12.3 Å². The van der Waals surface area contributed by atoms with Crippen molar-refractivity contribution in [3.05, 3.63) is 59.3 Å². The number of terminal acetylenes is 1. The number of hydrogen-bond acceptors (Lipinski definition) is 5. The van der Waals surface area contributed by atoms with Crippen LogP contribution in [0.2, 0.25) is 0 Å². The number of carbonyl (C=O) groups excluding carboxylic acids is 2. The van der Waals surface area contributed by atoms with Crippen molar-refractivity contribution in [1.29, 1.82) is 0 Å². The lowest BCUT2D eigenvalue weighted by Gasteiger charge is -2.21. The van der Waals surface area contributed by atoms with Crippen molar-refractivity contribution in [3.8, 4) is 23.1 Å². The number of hydrogen-bond donors (Lipinski definition) is 1. The molecule has 0 radical (unpaired) electrons. The number of amides is 2. The molecule has 0 aliphatic rings. The van der Waals surface area contributed by atoms with Gasteiger partial charge < -0.3 is 9.73 Å². The number of nitrogens with one attached hydrogen (secondary N) is 1. The minimum absolute atomic E-state index is 0.142. The third-order valence-corrected chi connectivity index (χ3v) is 4.46. The van der Waals surface area contributed by atoms with Gasteiger partial charge in [0.25, 0.3) is 5.91 Å². The van der Waals surface area contributed by atoms with Gasteiger partial charge in [-0.3, -0.25) is 14.5 Å². The second-order valence-corrected chi connectivity index (χ2v) is 6.13. The van der Waals surface area contributed by atoms with Gasteiger partial charge in [0.15, 0.2) is 10.8 Å². The van der Waals surface area contributed by atoms with Crippen molar-refractivity contribution in [2.75, 3.05) is 18.5 Å². The zero-order valence-electron chi connectivity index (χ0n) is 13.9. The number of likely N-dealkylation sites (N-methyl/N-ethyl adjacent to an activating group) is 1.